The van der Waals surface area contributed by atoms with Crippen molar-refractivity contribution in [2.75, 3.05) is 6.54 Å². The maximum atomic E-state index is 10.5. The summed E-state index contributed by atoms with van der Waals surface area (Å²) in [6, 6.07) is 0. The lowest BCUT2D eigenvalue weighted by Crippen LogP contribution is -2.08. The van der Waals surface area contributed by atoms with Gasteiger partial charge < -0.3 is 5.32 Å². The summed E-state index contributed by atoms with van der Waals surface area (Å²) in [6.45, 7) is 6.42. The molecule has 0 aliphatic carbocycles. The van der Waals surface area contributed by atoms with Crippen LogP contribution in [0.5, 0.6) is 0 Å². The maximum Gasteiger partial charge on any atom is 0.150 e. The van der Waals surface area contributed by atoms with Gasteiger partial charge in [-0.15, -0.1) is 0 Å². The van der Waals surface area contributed by atoms with Crippen LogP contribution in [-0.4, -0.2) is 12.8 Å². The average molecular weight is 201 g/mol. The van der Waals surface area contributed by atoms with Gasteiger partial charge in [-0.25, -0.2) is 0 Å². The Morgan fingerprint density at radius 3 is 2.87 bits per heavy atom. The highest BCUT2D eigenvalue weighted by Gasteiger charge is 1.97. The van der Waals surface area contributed by atoms with E-state index in [1.165, 1.54) is 5.57 Å². The molecule has 0 amide bonds. The molecule has 0 fully saturated rings. The SMILES string of the molecule is C=C/C(C=O)=C\C=C(/C)C1=CCNC=C1. The number of carbonyl (C=O) groups excluding carboxylic acids is 1. The number of aldehydes is 1. The first-order valence-corrected chi connectivity index (χ1v) is 4.84. The van der Waals surface area contributed by atoms with Gasteiger partial charge in [-0.2, -0.15) is 0 Å². The molecule has 0 saturated carbocycles. The molecule has 78 valence electrons. The van der Waals surface area contributed by atoms with E-state index in [-0.39, 0.29) is 0 Å². The van der Waals surface area contributed by atoms with Crippen molar-refractivity contribution in [2.24, 2.45) is 0 Å². The van der Waals surface area contributed by atoms with Crippen molar-refractivity contribution in [3.63, 3.8) is 0 Å². The van der Waals surface area contributed by atoms with Crippen molar-refractivity contribution in [3.8, 4) is 0 Å². The summed E-state index contributed by atoms with van der Waals surface area (Å²) < 4.78 is 0. The summed E-state index contributed by atoms with van der Waals surface area (Å²) in [7, 11) is 0. The summed E-state index contributed by atoms with van der Waals surface area (Å²) in [5, 5.41) is 3.08. The van der Waals surface area contributed by atoms with Crippen molar-refractivity contribution < 1.29 is 4.79 Å². The second-order valence-electron chi connectivity index (χ2n) is 3.24. The first-order valence-electron chi connectivity index (χ1n) is 4.84. The largest absolute Gasteiger partial charge is 0.387 e. The average Bonchev–Trinajstić information content (AvgIpc) is 2.31. The topological polar surface area (TPSA) is 29.1 Å². The smallest absolute Gasteiger partial charge is 0.150 e. The van der Waals surface area contributed by atoms with Gasteiger partial charge >= 0.3 is 0 Å². The summed E-state index contributed by atoms with van der Waals surface area (Å²) in [6.07, 6.45) is 12.1. The van der Waals surface area contributed by atoms with Gasteiger partial charge in [0.05, 0.1) is 0 Å². The van der Waals surface area contributed by atoms with Gasteiger partial charge in [-0.05, 0) is 30.3 Å². The summed E-state index contributed by atoms with van der Waals surface area (Å²) in [4.78, 5) is 10.5. The number of allylic oxidation sites excluding steroid dienone is 7. The van der Waals surface area contributed by atoms with Crippen LogP contribution in [-0.2, 0) is 4.79 Å². The Kier molecular flexibility index (Phi) is 4.35. The molecule has 0 bridgehead atoms. The lowest BCUT2D eigenvalue weighted by atomic mass is 10.0. The van der Waals surface area contributed by atoms with Crippen molar-refractivity contribution >= 4 is 6.29 Å². The van der Waals surface area contributed by atoms with Crippen molar-refractivity contribution in [3.05, 3.63) is 59.9 Å². The van der Waals surface area contributed by atoms with E-state index in [4.69, 9.17) is 0 Å². The lowest BCUT2D eigenvalue weighted by molar-refractivity contribution is -0.104. The third kappa shape index (κ3) is 3.43. The molecule has 1 aliphatic heterocycles. The van der Waals surface area contributed by atoms with Gasteiger partial charge in [-0.1, -0.05) is 30.9 Å². The summed E-state index contributed by atoms with van der Waals surface area (Å²) in [5.41, 5.74) is 2.90. The van der Waals surface area contributed by atoms with E-state index >= 15 is 0 Å². The molecule has 1 aliphatic rings. The zero-order valence-corrected chi connectivity index (χ0v) is 8.86. The third-order valence-corrected chi connectivity index (χ3v) is 2.17. The number of rotatable bonds is 4. The number of carbonyl (C=O) groups is 1. The van der Waals surface area contributed by atoms with E-state index in [9.17, 15) is 4.79 Å². The fraction of sp³-hybridized carbons (Fsp3) is 0.154. The van der Waals surface area contributed by atoms with Gasteiger partial charge in [0, 0.05) is 12.1 Å². The zero-order valence-electron chi connectivity index (χ0n) is 8.86. The molecule has 0 spiro atoms. The normalized spacial score (nSPS) is 16.7. The van der Waals surface area contributed by atoms with Gasteiger partial charge in [0.25, 0.3) is 0 Å². The molecule has 0 aromatic rings. The fourth-order valence-electron chi connectivity index (χ4n) is 1.22. The highest BCUT2D eigenvalue weighted by Crippen LogP contribution is 2.12. The lowest BCUT2D eigenvalue weighted by Gasteiger charge is -2.07. The molecule has 2 heteroatoms. The van der Waals surface area contributed by atoms with Crippen molar-refractivity contribution in [2.45, 2.75) is 6.92 Å². The molecule has 1 rings (SSSR count). The van der Waals surface area contributed by atoms with Gasteiger partial charge in [0.2, 0.25) is 0 Å². The predicted octanol–water partition coefficient (Wildman–Crippen LogP) is 2.29. The Morgan fingerprint density at radius 2 is 2.33 bits per heavy atom. The second-order valence-corrected chi connectivity index (χ2v) is 3.24. The Labute approximate surface area is 90.4 Å². The van der Waals surface area contributed by atoms with Gasteiger partial charge in [0.1, 0.15) is 6.29 Å². The van der Waals surface area contributed by atoms with Crippen LogP contribution < -0.4 is 5.32 Å². The Balaban J connectivity index is 2.79. The maximum absolute atomic E-state index is 10.5. The monoisotopic (exact) mass is 201 g/mol. The summed E-state index contributed by atoms with van der Waals surface area (Å²) in [5.74, 6) is 0. The van der Waals surface area contributed by atoms with E-state index in [0.29, 0.717) is 5.57 Å². The molecule has 1 N–H and O–H groups in total. The van der Waals surface area contributed by atoms with Crippen LogP contribution in [0, 0.1) is 0 Å². The minimum Gasteiger partial charge on any atom is -0.387 e. The summed E-state index contributed by atoms with van der Waals surface area (Å²) >= 11 is 0. The van der Waals surface area contributed by atoms with Crippen LogP contribution >= 0.6 is 0 Å². The highest BCUT2D eigenvalue weighted by molar-refractivity contribution is 5.77. The van der Waals surface area contributed by atoms with Crippen molar-refractivity contribution in [1.29, 1.82) is 0 Å². The fourth-order valence-corrected chi connectivity index (χ4v) is 1.22. The molecule has 15 heavy (non-hydrogen) atoms. The predicted molar refractivity (Wildman–Crippen MR) is 63.3 cm³/mol. The Bertz CT molecular complexity index is 360. The molecule has 0 aromatic carbocycles. The van der Waals surface area contributed by atoms with Crippen LogP contribution in [0.1, 0.15) is 6.92 Å². The minimum absolute atomic E-state index is 0.591. The van der Waals surface area contributed by atoms with E-state index in [2.05, 4.69) is 18.0 Å². The van der Waals surface area contributed by atoms with E-state index < -0.39 is 0 Å². The van der Waals surface area contributed by atoms with E-state index in [0.717, 1.165) is 18.4 Å². The van der Waals surface area contributed by atoms with E-state index in [1.807, 2.05) is 25.3 Å². The molecule has 0 saturated heterocycles. The molecule has 0 atom stereocenters. The van der Waals surface area contributed by atoms with Crippen LogP contribution in [0.2, 0.25) is 0 Å². The number of hydrogen-bond donors (Lipinski definition) is 1. The number of nitrogens with one attached hydrogen (secondary N) is 1. The molecular weight excluding hydrogens is 186 g/mol. The quantitative estimate of drug-likeness (QED) is 0.429. The molecule has 0 unspecified atom stereocenters. The van der Waals surface area contributed by atoms with Crippen LogP contribution in [0.4, 0.5) is 0 Å². The number of hydrogen-bond acceptors (Lipinski definition) is 2. The van der Waals surface area contributed by atoms with Crippen LogP contribution in [0.3, 0.4) is 0 Å². The minimum atomic E-state index is 0.591. The second kappa shape index (κ2) is 5.81. The molecule has 1 heterocycles. The van der Waals surface area contributed by atoms with Crippen molar-refractivity contribution in [1.82, 2.24) is 5.32 Å². The number of dihydropyridines is 1. The standard InChI is InChI=1S/C13H15NO/c1-3-12(10-15)5-4-11(2)13-6-8-14-9-7-13/h3-8,10,14H,1,9H2,2H3/b11-4+,12-5+. The molecular formula is C13H15NO. The molecule has 0 aromatic heterocycles. The zero-order chi connectivity index (χ0) is 11.1. The first kappa shape index (κ1) is 11.2. The van der Waals surface area contributed by atoms with Crippen LogP contribution in [0.15, 0.2) is 59.9 Å². The Morgan fingerprint density at radius 1 is 1.53 bits per heavy atom. The third-order valence-electron chi connectivity index (χ3n) is 2.17. The van der Waals surface area contributed by atoms with E-state index in [1.54, 1.807) is 12.2 Å². The molecule has 2 nitrogen and oxygen atoms in total. The highest BCUT2D eigenvalue weighted by atomic mass is 16.1. The Hall–Kier alpha value is -1.83. The first-order chi connectivity index (χ1) is 7.27. The molecule has 0 radical (unpaired) electrons. The van der Waals surface area contributed by atoms with Gasteiger partial charge in [0.15, 0.2) is 0 Å². The van der Waals surface area contributed by atoms with Crippen LogP contribution in [0.25, 0.3) is 0 Å². The van der Waals surface area contributed by atoms with Gasteiger partial charge in [-0.3, -0.25) is 4.79 Å².